The second kappa shape index (κ2) is 8.00. The summed E-state index contributed by atoms with van der Waals surface area (Å²) in [5, 5.41) is 7.33. The van der Waals surface area contributed by atoms with E-state index in [-0.39, 0.29) is 18.4 Å². The molecule has 128 valence electrons. The van der Waals surface area contributed by atoms with Crippen LogP contribution in [0.4, 0.5) is 0 Å². The van der Waals surface area contributed by atoms with Gasteiger partial charge in [0, 0.05) is 18.2 Å². The van der Waals surface area contributed by atoms with Gasteiger partial charge in [0.05, 0.1) is 12.1 Å². The molecule has 0 fully saturated rings. The predicted molar refractivity (Wildman–Crippen MR) is 103 cm³/mol. The van der Waals surface area contributed by atoms with Gasteiger partial charge in [0.15, 0.2) is 0 Å². The first-order valence-electron chi connectivity index (χ1n) is 8.26. The number of benzene rings is 3. The monoisotopic (exact) mass is 342 g/mol. The molecule has 0 bridgehead atoms. The number of amides is 2. The van der Waals surface area contributed by atoms with Crippen molar-refractivity contribution in [2.45, 2.75) is 0 Å². The zero-order valence-corrected chi connectivity index (χ0v) is 14.4. The van der Waals surface area contributed by atoms with Crippen molar-refractivity contribution in [1.29, 1.82) is 0 Å². The van der Waals surface area contributed by atoms with Crippen LogP contribution in [0.3, 0.4) is 0 Å². The molecule has 0 saturated heterocycles. The number of carbonyl (C=O) groups excluding carboxylic acids is 2. The van der Waals surface area contributed by atoms with E-state index in [0.29, 0.717) is 16.7 Å². The molecule has 4 heteroatoms. The molecule has 0 unspecified atom stereocenters. The van der Waals surface area contributed by atoms with Crippen LogP contribution in [0.1, 0.15) is 26.3 Å². The number of nitrogens with one attached hydrogen (secondary N) is 2. The van der Waals surface area contributed by atoms with E-state index in [1.807, 2.05) is 42.5 Å². The largest absolute Gasteiger partial charge is 0.355 e. The van der Waals surface area contributed by atoms with Crippen molar-refractivity contribution in [3.63, 3.8) is 0 Å². The van der Waals surface area contributed by atoms with Crippen LogP contribution in [-0.4, -0.2) is 25.4 Å². The van der Waals surface area contributed by atoms with E-state index < -0.39 is 0 Å². The van der Waals surface area contributed by atoms with Crippen molar-refractivity contribution in [2.24, 2.45) is 0 Å². The molecule has 2 N–H and O–H groups in total. The van der Waals surface area contributed by atoms with Crippen LogP contribution in [0.2, 0.25) is 0 Å². The van der Waals surface area contributed by atoms with Crippen molar-refractivity contribution < 1.29 is 9.59 Å². The highest BCUT2D eigenvalue weighted by Gasteiger charge is 2.09. The molecule has 0 aromatic heterocycles. The Morgan fingerprint density at radius 3 is 2.38 bits per heavy atom. The van der Waals surface area contributed by atoms with Gasteiger partial charge >= 0.3 is 0 Å². The standard InChI is InChI=1S/C22H18N2O2/c1-23-21(25)19-13-5-3-9-17(19)11-7-15-24-22(26)20-14-6-10-16-8-2-4-12-18(16)20/h2-6,8-10,12-14H,15H2,1H3,(H,23,25)(H,24,26). The Hall–Kier alpha value is -3.58. The molecule has 3 aromatic carbocycles. The van der Waals surface area contributed by atoms with E-state index in [4.69, 9.17) is 0 Å². The Morgan fingerprint density at radius 1 is 0.846 bits per heavy atom. The lowest BCUT2D eigenvalue weighted by molar-refractivity contribution is 0.0953. The topological polar surface area (TPSA) is 58.2 Å². The number of carbonyl (C=O) groups is 2. The van der Waals surface area contributed by atoms with Gasteiger partial charge in [0.25, 0.3) is 11.8 Å². The van der Waals surface area contributed by atoms with Gasteiger partial charge in [-0.05, 0) is 29.0 Å². The minimum Gasteiger partial charge on any atom is -0.355 e. The van der Waals surface area contributed by atoms with Crippen LogP contribution < -0.4 is 10.6 Å². The van der Waals surface area contributed by atoms with Crippen LogP contribution >= 0.6 is 0 Å². The number of hydrogen-bond acceptors (Lipinski definition) is 2. The third-order valence-electron chi connectivity index (χ3n) is 3.99. The highest BCUT2D eigenvalue weighted by Crippen LogP contribution is 2.18. The first-order chi connectivity index (χ1) is 12.7. The SMILES string of the molecule is CNC(=O)c1ccccc1C#CCNC(=O)c1cccc2ccccc12. The number of fused-ring (bicyclic) bond motifs is 1. The summed E-state index contributed by atoms with van der Waals surface area (Å²) in [7, 11) is 1.58. The fraction of sp³-hybridized carbons (Fsp3) is 0.0909. The van der Waals surface area contributed by atoms with E-state index in [0.717, 1.165) is 10.8 Å². The van der Waals surface area contributed by atoms with E-state index >= 15 is 0 Å². The molecular formula is C22H18N2O2. The zero-order chi connectivity index (χ0) is 18.4. The Kier molecular flexibility index (Phi) is 5.31. The van der Waals surface area contributed by atoms with E-state index in [9.17, 15) is 9.59 Å². The van der Waals surface area contributed by atoms with Crippen molar-refractivity contribution >= 4 is 22.6 Å². The van der Waals surface area contributed by atoms with Gasteiger partial charge in [-0.1, -0.05) is 60.4 Å². The maximum absolute atomic E-state index is 12.4. The normalized spacial score (nSPS) is 9.88. The molecule has 26 heavy (non-hydrogen) atoms. The fourth-order valence-electron chi connectivity index (χ4n) is 2.71. The van der Waals surface area contributed by atoms with E-state index in [2.05, 4.69) is 22.5 Å². The summed E-state index contributed by atoms with van der Waals surface area (Å²) < 4.78 is 0. The second-order valence-electron chi connectivity index (χ2n) is 5.64. The summed E-state index contributed by atoms with van der Waals surface area (Å²) in [4.78, 5) is 24.3. The van der Waals surface area contributed by atoms with Gasteiger partial charge in [0.1, 0.15) is 0 Å². The molecule has 0 aliphatic carbocycles. The van der Waals surface area contributed by atoms with Crippen LogP contribution in [0.25, 0.3) is 10.8 Å². The summed E-state index contributed by atoms with van der Waals surface area (Å²) in [5.41, 5.74) is 1.77. The van der Waals surface area contributed by atoms with Crippen LogP contribution in [0, 0.1) is 11.8 Å². The van der Waals surface area contributed by atoms with Crippen molar-refractivity contribution in [3.8, 4) is 11.8 Å². The van der Waals surface area contributed by atoms with Crippen molar-refractivity contribution in [3.05, 3.63) is 83.4 Å². The predicted octanol–water partition coefficient (Wildman–Crippen LogP) is 2.98. The van der Waals surface area contributed by atoms with E-state index in [1.165, 1.54) is 0 Å². The molecular weight excluding hydrogens is 324 g/mol. The third-order valence-corrected chi connectivity index (χ3v) is 3.99. The molecule has 3 aromatic rings. The maximum atomic E-state index is 12.4. The van der Waals surface area contributed by atoms with Gasteiger partial charge in [-0.25, -0.2) is 0 Å². The minimum absolute atomic E-state index is 0.171. The van der Waals surface area contributed by atoms with Gasteiger partial charge in [-0.15, -0.1) is 0 Å². The van der Waals surface area contributed by atoms with Crippen LogP contribution in [0.5, 0.6) is 0 Å². The fourth-order valence-corrected chi connectivity index (χ4v) is 2.71. The number of hydrogen-bond donors (Lipinski definition) is 2. The lowest BCUT2D eigenvalue weighted by atomic mass is 10.0. The highest BCUT2D eigenvalue weighted by atomic mass is 16.2. The minimum atomic E-state index is -0.185. The number of rotatable bonds is 3. The lowest BCUT2D eigenvalue weighted by Gasteiger charge is -2.06. The van der Waals surface area contributed by atoms with Crippen molar-refractivity contribution in [2.75, 3.05) is 13.6 Å². The molecule has 4 nitrogen and oxygen atoms in total. The van der Waals surface area contributed by atoms with Crippen molar-refractivity contribution in [1.82, 2.24) is 10.6 Å². The quantitative estimate of drug-likeness (QED) is 0.719. The molecule has 0 heterocycles. The zero-order valence-electron chi connectivity index (χ0n) is 14.4. The summed E-state index contributed by atoms with van der Waals surface area (Å²) in [5.74, 6) is 5.50. The smallest absolute Gasteiger partial charge is 0.252 e. The Labute approximate surface area is 152 Å². The van der Waals surface area contributed by atoms with Crippen LogP contribution in [0.15, 0.2) is 66.7 Å². The lowest BCUT2D eigenvalue weighted by Crippen LogP contribution is -2.23. The van der Waals surface area contributed by atoms with E-state index in [1.54, 1.807) is 31.3 Å². The first-order valence-corrected chi connectivity index (χ1v) is 8.26. The second-order valence-corrected chi connectivity index (χ2v) is 5.64. The summed E-state index contributed by atoms with van der Waals surface area (Å²) in [6.07, 6.45) is 0. The molecule has 0 atom stereocenters. The maximum Gasteiger partial charge on any atom is 0.252 e. The first kappa shape index (κ1) is 17.2. The van der Waals surface area contributed by atoms with Gasteiger partial charge in [0.2, 0.25) is 0 Å². The molecule has 2 amide bonds. The molecule has 3 rings (SSSR count). The van der Waals surface area contributed by atoms with Gasteiger partial charge < -0.3 is 10.6 Å². The average molecular weight is 342 g/mol. The molecule has 0 saturated carbocycles. The average Bonchev–Trinajstić information content (AvgIpc) is 2.70. The molecule has 0 aliphatic rings. The summed E-state index contributed by atoms with van der Waals surface area (Å²) >= 11 is 0. The summed E-state index contributed by atoms with van der Waals surface area (Å²) in [6.45, 7) is 0.199. The molecule has 0 radical (unpaired) electrons. The molecule has 0 aliphatic heterocycles. The third kappa shape index (κ3) is 3.73. The Bertz CT molecular complexity index is 1020. The Morgan fingerprint density at radius 2 is 1.54 bits per heavy atom. The van der Waals surface area contributed by atoms with Gasteiger partial charge in [-0.3, -0.25) is 9.59 Å². The Balaban J connectivity index is 1.72. The molecule has 0 spiro atoms. The summed E-state index contributed by atoms with van der Waals surface area (Å²) in [6, 6.07) is 20.5. The van der Waals surface area contributed by atoms with Gasteiger partial charge in [-0.2, -0.15) is 0 Å². The van der Waals surface area contributed by atoms with Crippen LogP contribution in [-0.2, 0) is 0 Å². The highest BCUT2D eigenvalue weighted by molar-refractivity contribution is 6.07.